The predicted molar refractivity (Wildman–Crippen MR) is 100 cm³/mol. The van der Waals surface area contributed by atoms with Crippen LogP contribution < -0.4 is 10.7 Å². The van der Waals surface area contributed by atoms with Crippen molar-refractivity contribution in [1.82, 2.24) is 9.78 Å². The zero-order chi connectivity index (χ0) is 19.4. The van der Waals surface area contributed by atoms with Crippen molar-refractivity contribution >= 4 is 17.6 Å². The summed E-state index contributed by atoms with van der Waals surface area (Å²) in [4.78, 5) is 36.6. The molecule has 0 saturated heterocycles. The fourth-order valence-corrected chi connectivity index (χ4v) is 2.54. The number of hydrogen-bond acceptors (Lipinski definition) is 5. The Balaban J connectivity index is 1.95. The minimum Gasteiger partial charge on any atom is -0.465 e. The minimum absolute atomic E-state index is 0.184. The van der Waals surface area contributed by atoms with Crippen molar-refractivity contribution in [3.8, 4) is 5.69 Å². The van der Waals surface area contributed by atoms with Gasteiger partial charge in [0.25, 0.3) is 5.91 Å². The van der Waals surface area contributed by atoms with Crippen LogP contribution in [0.1, 0.15) is 26.4 Å². The molecule has 0 fully saturated rings. The molecule has 1 heterocycles. The molecule has 0 aliphatic heterocycles. The maximum atomic E-state index is 12.6. The summed E-state index contributed by atoms with van der Waals surface area (Å²) in [7, 11) is 1.25. The van der Waals surface area contributed by atoms with E-state index in [1.807, 2.05) is 31.2 Å². The number of esters is 1. The Hall–Kier alpha value is -3.74. The molecule has 0 bridgehead atoms. The standard InChI is InChI=1S/C20H17N3O4/c1-13-6-5-7-14(12-13)23-11-10-17(24)18(22-23)19(25)21-16-9-4-3-8-15(16)20(26)27-2/h3-12H,1-2H3,(H,21,25). The van der Waals surface area contributed by atoms with Gasteiger partial charge in [-0.1, -0.05) is 24.3 Å². The number of hydrogen-bond donors (Lipinski definition) is 1. The van der Waals surface area contributed by atoms with E-state index in [0.717, 1.165) is 11.3 Å². The molecule has 3 aromatic rings. The van der Waals surface area contributed by atoms with Gasteiger partial charge in [-0.3, -0.25) is 9.59 Å². The number of aryl methyl sites for hydroxylation is 1. The first-order chi connectivity index (χ1) is 13.0. The van der Waals surface area contributed by atoms with Gasteiger partial charge in [0.05, 0.1) is 24.0 Å². The fourth-order valence-electron chi connectivity index (χ4n) is 2.54. The van der Waals surface area contributed by atoms with Crippen LogP contribution in [-0.4, -0.2) is 28.8 Å². The summed E-state index contributed by atoms with van der Waals surface area (Å²) in [6.07, 6.45) is 1.50. The summed E-state index contributed by atoms with van der Waals surface area (Å²) in [6.45, 7) is 1.93. The number of benzene rings is 2. The number of para-hydroxylation sites is 1. The van der Waals surface area contributed by atoms with Gasteiger partial charge in [-0.15, -0.1) is 0 Å². The van der Waals surface area contributed by atoms with Gasteiger partial charge in [0.2, 0.25) is 5.43 Å². The van der Waals surface area contributed by atoms with Crippen molar-refractivity contribution in [2.45, 2.75) is 6.92 Å². The van der Waals surface area contributed by atoms with E-state index >= 15 is 0 Å². The van der Waals surface area contributed by atoms with Gasteiger partial charge in [-0.05, 0) is 36.8 Å². The van der Waals surface area contributed by atoms with Crippen LogP contribution in [0.5, 0.6) is 0 Å². The summed E-state index contributed by atoms with van der Waals surface area (Å²) < 4.78 is 6.16. The van der Waals surface area contributed by atoms with E-state index in [9.17, 15) is 14.4 Å². The van der Waals surface area contributed by atoms with Gasteiger partial charge in [-0.2, -0.15) is 5.10 Å². The van der Waals surface area contributed by atoms with E-state index in [4.69, 9.17) is 4.74 Å². The van der Waals surface area contributed by atoms with Crippen LogP contribution in [0.4, 0.5) is 5.69 Å². The molecule has 0 aliphatic rings. The second-order valence-electron chi connectivity index (χ2n) is 5.80. The molecule has 0 atom stereocenters. The fraction of sp³-hybridized carbons (Fsp3) is 0.100. The summed E-state index contributed by atoms with van der Waals surface area (Å²) in [5, 5.41) is 6.71. The Morgan fingerprint density at radius 3 is 2.59 bits per heavy atom. The number of nitrogens with zero attached hydrogens (tertiary/aromatic N) is 2. The largest absolute Gasteiger partial charge is 0.465 e. The molecule has 0 aliphatic carbocycles. The molecule has 1 amide bonds. The molecule has 27 heavy (non-hydrogen) atoms. The van der Waals surface area contributed by atoms with Crippen LogP contribution in [0.25, 0.3) is 5.69 Å². The average molecular weight is 363 g/mol. The molecule has 1 N–H and O–H groups in total. The van der Waals surface area contributed by atoms with Crippen molar-refractivity contribution in [1.29, 1.82) is 0 Å². The highest BCUT2D eigenvalue weighted by Gasteiger charge is 2.18. The average Bonchev–Trinajstić information content (AvgIpc) is 2.68. The zero-order valence-electron chi connectivity index (χ0n) is 14.8. The van der Waals surface area contributed by atoms with Crippen LogP contribution in [0.3, 0.4) is 0 Å². The molecule has 7 nitrogen and oxygen atoms in total. The van der Waals surface area contributed by atoms with Crippen molar-refractivity contribution in [2.75, 3.05) is 12.4 Å². The number of amides is 1. The summed E-state index contributed by atoms with van der Waals surface area (Å²) in [6, 6.07) is 15.1. The first-order valence-electron chi connectivity index (χ1n) is 8.15. The van der Waals surface area contributed by atoms with Crippen molar-refractivity contribution < 1.29 is 14.3 Å². The molecule has 2 aromatic carbocycles. The molecule has 136 valence electrons. The Bertz CT molecular complexity index is 1070. The molecule has 0 saturated carbocycles. The maximum absolute atomic E-state index is 12.6. The van der Waals surface area contributed by atoms with Crippen molar-refractivity contribution in [3.63, 3.8) is 0 Å². The number of carbonyl (C=O) groups is 2. The number of ether oxygens (including phenoxy) is 1. The monoisotopic (exact) mass is 363 g/mol. The lowest BCUT2D eigenvalue weighted by molar-refractivity contribution is 0.0602. The summed E-state index contributed by atoms with van der Waals surface area (Å²) in [5.41, 5.74) is 1.36. The Kier molecular flexibility index (Phi) is 5.12. The lowest BCUT2D eigenvalue weighted by Crippen LogP contribution is -2.26. The predicted octanol–water partition coefficient (Wildman–Crippen LogP) is 2.58. The highest BCUT2D eigenvalue weighted by Crippen LogP contribution is 2.16. The molecular formula is C20H17N3O4. The molecule has 0 spiro atoms. The van der Waals surface area contributed by atoms with E-state index in [-0.39, 0.29) is 16.9 Å². The number of nitrogens with one attached hydrogen (secondary N) is 1. The third kappa shape index (κ3) is 3.92. The smallest absolute Gasteiger partial charge is 0.339 e. The lowest BCUT2D eigenvalue weighted by Gasteiger charge is -2.10. The van der Waals surface area contributed by atoms with Crippen molar-refractivity contribution in [3.05, 3.63) is 87.8 Å². The van der Waals surface area contributed by atoms with E-state index < -0.39 is 17.3 Å². The van der Waals surface area contributed by atoms with Crippen LogP contribution >= 0.6 is 0 Å². The summed E-state index contributed by atoms with van der Waals surface area (Å²) in [5.74, 6) is -1.30. The van der Waals surface area contributed by atoms with E-state index in [1.54, 1.807) is 18.2 Å². The second kappa shape index (κ2) is 7.65. The third-order valence-electron chi connectivity index (χ3n) is 3.87. The molecule has 0 radical (unpaired) electrons. The quantitative estimate of drug-likeness (QED) is 0.720. The first-order valence-corrected chi connectivity index (χ1v) is 8.15. The number of carbonyl (C=O) groups excluding carboxylic acids is 2. The highest BCUT2D eigenvalue weighted by molar-refractivity contribution is 6.06. The van der Waals surface area contributed by atoms with Gasteiger partial charge in [0.15, 0.2) is 5.69 Å². The molecule has 3 rings (SSSR count). The van der Waals surface area contributed by atoms with Crippen LogP contribution in [0.15, 0.2) is 65.6 Å². The Morgan fingerprint density at radius 2 is 1.85 bits per heavy atom. The summed E-state index contributed by atoms with van der Waals surface area (Å²) >= 11 is 0. The van der Waals surface area contributed by atoms with Gasteiger partial charge in [0.1, 0.15) is 0 Å². The number of rotatable bonds is 4. The Labute approximate surface area is 155 Å². The van der Waals surface area contributed by atoms with E-state index in [1.165, 1.54) is 30.1 Å². The van der Waals surface area contributed by atoms with Gasteiger partial charge >= 0.3 is 5.97 Å². The van der Waals surface area contributed by atoms with Crippen molar-refractivity contribution in [2.24, 2.45) is 0 Å². The minimum atomic E-state index is -0.710. The number of methoxy groups -OCH3 is 1. The van der Waals surface area contributed by atoms with E-state index in [2.05, 4.69) is 10.4 Å². The van der Waals surface area contributed by atoms with Gasteiger partial charge in [0, 0.05) is 12.3 Å². The number of anilines is 1. The first kappa shape index (κ1) is 18.1. The molecule has 1 aromatic heterocycles. The lowest BCUT2D eigenvalue weighted by atomic mass is 10.1. The van der Waals surface area contributed by atoms with Gasteiger partial charge in [-0.25, -0.2) is 9.48 Å². The van der Waals surface area contributed by atoms with Gasteiger partial charge < -0.3 is 10.1 Å². The third-order valence-corrected chi connectivity index (χ3v) is 3.87. The normalized spacial score (nSPS) is 10.3. The van der Waals surface area contributed by atoms with Crippen LogP contribution in [-0.2, 0) is 4.74 Å². The van der Waals surface area contributed by atoms with Crippen LogP contribution in [0, 0.1) is 6.92 Å². The Morgan fingerprint density at radius 1 is 1.07 bits per heavy atom. The molecule has 0 unspecified atom stereocenters. The zero-order valence-corrected chi connectivity index (χ0v) is 14.8. The molecule has 7 heteroatoms. The van der Waals surface area contributed by atoms with E-state index in [0.29, 0.717) is 0 Å². The SMILES string of the molecule is COC(=O)c1ccccc1NC(=O)c1nn(-c2cccc(C)c2)ccc1=O. The molecular weight excluding hydrogens is 346 g/mol. The van der Waals surface area contributed by atoms with Crippen LogP contribution in [0.2, 0.25) is 0 Å². The highest BCUT2D eigenvalue weighted by atomic mass is 16.5. The number of aromatic nitrogens is 2. The maximum Gasteiger partial charge on any atom is 0.339 e. The topological polar surface area (TPSA) is 90.3 Å². The second-order valence-corrected chi connectivity index (χ2v) is 5.80.